The van der Waals surface area contributed by atoms with Gasteiger partial charge in [-0.2, -0.15) is 5.26 Å². The Kier molecular flexibility index (Phi) is 5.14. The maximum absolute atomic E-state index is 12.4. The Hall–Kier alpha value is -2.53. The molecule has 8 heteroatoms. The number of aromatic nitrogens is 3. The Bertz CT molecular complexity index is 787. The molecule has 1 aromatic heterocycles. The highest BCUT2D eigenvalue weighted by atomic mass is 32.2. The van der Waals surface area contributed by atoms with Gasteiger partial charge in [-0.1, -0.05) is 44.7 Å². The summed E-state index contributed by atoms with van der Waals surface area (Å²) in [5, 5.41) is 20.0. The summed E-state index contributed by atoms with van der Waals surface area (Å²) in [6, 6.07) is 8.91. The van der Waals surface area contributed by atoms with Gasteiger partial charge in [-0.3, -0.25) is 4.79 Å². The van der Waals surface area contributed by atoms with Crippen LogP contribution in [0.1, 0.15) is 39.1 Å². The molecule has 0 bridgehead atoms. The SMILES string of the molecule is C[C@H](Sc1nnc(C(C)(C)C)n1N)C(=O)Nc1ccccc1C#N. The van der Waals surface area contributed by atoms with E-state index < -0.39 is 5.25 Å². The van der Waals surface area contributed by atoms with Gasteiger partial charge in [-0.15, -0.1) is 10.2 Å². The van der Waals surface area contributed by atoms with Crippen molar-refractivity contribution in [2.24, 2.45) is 0 Å². The van der Waals surface area contributed by atoms with E-state index in [9.17, 15) is 4.79 Å². The number of hydrogen-bond donors (Lipinski definition) is 2. The molecule has 0 aliphatic carbocycles. The number of nitrogen functional groups attached to an aromatic ring is 1. The third-order valence-electron chi connectivity index (χ3n) is 3.29. The maximum atomic E-state index is 12.4. The number of nitrogens with zero attached hydrogens (tertiary/aromatic N) is 4. The summed E-state index contributed by atoms with van der Waals surface area (Å²) in [5.41, 5.74) is 0.666. The van der Waals surface area contributed by atoms with Crippen LogP contribution in [0, 0.1) is 11.3 Å². The van der Waals surface area contributed by atoms with Crippen LogP contribution >= 0.6 is 11.8 Å². The number of anilines is 1. The van der Waals surface area contributed by atoms with Crippen LogP contribution in [-0.4, -0.2) is 26.0 Å². The molecule has 0 aliphatic rings. The molecule has 0 saturated carbocycles. The van der Waals surface area contributed by atoms with Crippen LogP contribution in [0.15, 0.2) is 29.4 Å². The number of thioether (sulfide) groups is 1. The Morgan fingerprint density at radius 2 is 2.04 bits per heavy atom. The van der Waals surface area contributed by atoms with Gasteiger partial charge in [0.15, 0.2) is 5.82 Å². The monoisotopic (exact) mass is 344 g/mol. The second kappa shape index (κ2) is 6.93. The first kappa shape index (κ1) is 17.8. The van der Waals surface area contributed by atoms with Crippen molar-refractivity contribution < 1.29 is 4.79 Å². The van der Waals surface area contributed by atoms with Gasteiger partial charge >= 0.3 is 0 Å². The lowest BCUT2D eigenvalue weighted by molar-refractivity contribution is -0.115. The van der Waals surface area contributed by atoms with E-state index in [0.717, 1.165) is 0 Å². The molecule has 2 rings (SSSR count). The Labute approximate surface area is 145 Å². The van der Waals surface area contributed by atoms with Gasteiger partial charge in [0, 0.05) is 5.41 Å². The van der Waals surface area contributed by atoms with E-state index in [0.29, 0.717) is 22.2 Å². The molecule has 0 radical (unpaired) electrons. The number of nitrogens with two attached hydrogens (primary N) is 1. The van der Waals surface area contributed by atoms with Gasteiger partial charge in [0.05, 0.1) is 16.5 Å². The number of para-hydroxylation sites is 1. The van der Waals surface area contributed by atoms with Crippen molar-refractivity contribution in [3.8, 4) is 6.07 Å². The minimum atomic E-state index is -0.448. The predicted octanol–water partition coefficient (Wildman–Crippen LogP) is 2.28. The van der Waals surface area contributed by atoms with E-state index in [2.05, 4.69) is 21.6 Å². The van der Waals surface area contributed by atoms with Crippen molar-refractivity contribution in [1.29, 1.82) is 5.26 Å². The van der Waals surface area contributed by atoms with Crippen LogP contribution in [0.4, 0.5) is 5.69 Å². The molecule has 24 heavy (non-hydrogen) atoms. The highest BCUT2D eigenvalue weighted by molar-refractivity contribution is 8.00. The van der Waals surface area contributed by atoms with Crippen LogP contribution in [0.25, 0.3) is 0 Å². The summed E-state index contributed by atoms with van der Waals surface area (Å²) in [5.74, 6) is 6.44. The van der Waals surface area contributed by atoms with E-state index in [1.165, 1.54) is 16.4 Å². The van der Waals surface area contributed by atoms with Crippen LogP contribution in [0.5, 0.6) is 0 Å². The number of amides is 1. The minimum Gasteiger partial charge on any atom is -0.336 e. The van der Waals surface area contributed by atoms with E-state index in [1.807, 2.05) is 20.8 Å². The number of nitriles is 1. The quantitative estimate of drug-likeness (QED) is 0.650. The molecule has 1 aromatic carbocycles. The van der Waals surface area contributed by atoms with Crippen molar-refractivity contribution in [2.75, 3.05) is 11.2 Å². The summed E-state index contributed by atoms with van der Waals surface area (Å²) in [7, 11) is 0. The van der Waals surface area contributed by atoms with Crippen LogP contribution < -0.4 is 11.2 Å². The first-order valence-electron chi connectivity index (χ1n) is 7.41. The average Bonchev–Trinajstić information content (AvgIpc) is 2.88. The molecule has 1 atom stereocenters. The Morgan fingerprint density at radius 3 is 2.62 bits per heavy atom. The number of carbonyl (C=O) groups is 1. The largest absolute Gasteiger partial charge is 0.336 e. The maximum Gasteiger partial charge on any atom is 0.237 e. The van der Waals surface area contributed by atoms with Crippen molar-refractivity contribution in [3.05, 3.63) is 35.7 Å². The van der Waals surface area contributed by atoms with Gasteiger partial charge in [-0.25, -0.2) is 4.68 Å². The second-order valence-electron chi connectivity index (χ2n) is 6.33. The first-order valence-corrected chi connectivity index (χ1v) is 8.29. The number of benzene rings is 1. The molecule has 0 spiro atoms. The number of carbonyl (C=O) groups excluding carboxylic acids is 1. The molecule has 0 fully saturated rings. The standard InChI is InChI=1S/C16H20N6OS/c1-10(13(23)19-12-8-6-5-7-11(12)9-17)24-15-21-20-14(22(15)18)16(2,3)4/h5-8,10H,18H2,1-4H3,(H,19,23)/t10-/m0/s1. The minimum absolute atomic E-state index is 0.233. The lowest BCUT2D eigenvalue weighted by Gasteiger charge is -2.17. The zero-order valence-electron chi connectivity index (χ0n) is 14.1. The van der Waals surface area contributed by atoms with Crippen molar-refractivity contribution >= 4 is 23.4 Å². The van der Waals surface area contributed by atoms with E-state index in [1.54, 1.807) is 31.2 Å². The van der Waals surface area contributed by atoms with Crippen LogP contribution in [0.3, 0.4) is 0 Å². The lowest BCUT2D eigenvalue weighted by atomic mass is 9.96. The fraction of sp³-hybridized carbons (Fsp3) is 0.375. The molecule has 3 N–H and O–H groups in total. The number of hydrogen-bond acceptors (Lipinski definition) is 6. The third kappa shape index (κ3) is 3.86. The smallest absolute Gasteiger partial charge is 0.237 e. The molecule has 0 unspecified atom stereocenters. The lowest BCUT2D eigenvalue weighted by Crippen LogP contribution is -2.26. The molecule has 1 amide bonds. The van der Waals surface area contributed by atoms with Crippen molar-refractivity contribution in [1.82, 2.24) is 14.9 Å². The molecule has 0 saturated heterocycles. The molecular weight excluding hydrogens is 324 g/mol. The number of rotatable bonds is 4. The van der Waals surface area contributed by atoms with E-state index in [-0.39, 0.29) is 11.3 Å². The summed E-state index contributed by atoms with van der Waals surface area (Å²) in [6.07, 6.45) is 0. The van der Waals surface area contributed by atoms with Gasteiger partial charge < -0.3 is 11.2 Å². The van der Waals surface area contributed by atoms with Crippen LogP contribution in [0.2, 0.25) is 0 Å². The highest BCUT2D eigenvalue weighted by Gasteiger charge is 2.25. The van der Waals surface area contributed by atoms with Gasteiger partial charge in [-0.05, 0) is 19.1 Å². The molecule has 1 heterocycles. The van der Waals surface area contributed by atoms with Crippen molar-refractivity contribution in [3.63, 3.8) is 0 Å². The second-order valence-corrected chi connectivity index (χ2v) is 7.64. The number of nitrogens with one attached hydrogen (secondary N) is 1. The molecule has 2 aromatic rings. The highest BCUT2D eigenvalue weighted by Crippen LogP contribution is 2.26. The molecule has 126 valence electrons. The Morgan fingerprint density at radius 1 is 1.38 bits per heavy atom. The third-order valence-corrected chi connectivity index (χ3v) is 4.35. The summed E-state index contributed by atoms with van der Waals surface area (Å²) in [4.78, 5) is 12.4. The first-order chi connectivity index (χ1) is 11.2. The normalized spacial score (nSPS) is 12.5. The van der Waals surface area contributed by atoms with Crippen LogP contribution in [-0.2, 0) is 10.2 Å². The molecular formula is C16H20N6OS. The fourth-order valence-corrected chi connectivity index (χ4v) is 2.77. The topological polar surface area (TPSA) is 110 Å². The fourth-order valence-electron chi connectivity index (χ4n) is 2.00. The summed E-state index contributed by atoms with van der Waals surface area (Å²) >= 11 is 1.22. The van der Waals surface area contributed by atoms with E-state index in [4.69, 9.17) is 11.1 Å². The molecule has 0 aliphatic heterocycles. The zero-order chi connectivity index (χ0) is 17.9. The Balaban J connectivity index is 2.10. The predicted molar refractivity (Wildman–Crippen MR) is 94.0 cm³/mol. The van der Waals surface area contributed by atoms with Crippen molar-refractivity contribution in [2.45, 2.75) is 43.5 Å². The summed E-state index contributed by atoms with van der Waals surface area (Å²) in [6.45, 7) is 7.72. The van der Waals surface area contributed by atoms with Gasteiger partial charge in [0.25, 0.3) is 0 Å². The van der Waals surface area contributed by atoms with E-state index >= 15 is 0 Å². The average molecular weight is 344 g/mol. The molecule has 7 nitrogen and oxygen atoms in total. The van der Waals surface area contributed by atoms with Gasteiger partial charge in [0.2, 0.25) is 11.1 Å². The summed E-state index contributed by atoms with van der Waals surface area (Å²) < 4.78 is 1.41. The zero-order valence-corrected chi connectivity index (χ0v) is 14.9. The van der Waals surface area contributed by atoms with Gasteiger partial charge in [0.1, 0.15) is 6.07 Å².